The highest BCUT2D eigenvalue weighted by Crippen LogP contribution is 2.36. The van der Waals surface area contributed by atoms with Crippen LogP contribution in [0.2, 0.25) is 0 Å². The normalized spacial score (nSPS) is 10.3. The second-order valence-electron chi connectivity index (χ2n) is 5.42. The van der Waals surface area contributed by atoms with Crippen molar-refractivity contribution >= 4 is 34.9 Å². The Balaban J connectivity index is 2.11. The first-order valence-electron chi connectivity index (χ1n) is 7.97. The smallest absolute Gasteiger partial charge is 0.348 e. The van der Waals surface area contributed by atoms with E-state index in [4.69, 9.17) is 10.00 Å². The van der Waals surface area contributed by atoms with Crippen LogP contribution in [0.5, 0.6) is 0 Å². The van der Waals surface area contributed by atoms with Crippen molar-refractivity contribution in [3.63, 3.8) is 0 Å². The molecule has 6 heteroatoms. The Hall–Kier alpha value is -2.10. The molecule has 1 aromatic carbocycles. The summed E-state index contributed by atoms with van der Waals surface area (Å²) >= 11 is 2.25. The molecular formula is C19H19NO3S2. The van der Waals surface area contributed by atoms with Crippen LogP contribution in [0.4, 0.5) is 0 Å². The third kappa shape index (κ3) is 5.18. The van der Waals surface area contributed by atoms with E-state index in [0.29, 0.717) is 29.2 Å². The van der Waals surface area contributed by atoms with Crippen molar-refractivity contribution < 1.29 is 14.3 Å². The van der Waals surface area contributed by atoms with Crippen molar-refractivity contribution in [3.05, 3.63) is 51.2 Å². The first-order chi connectivity index (χ1) is 12.1. The Kier molecular flexibility index (Phi) is 7.23. The Labute approximate surface area is 155 Å². The molecule has 0 saturated heterocycles. The molecule has 1 heterocycles. The van der Waals surface area contributed by atoms with Gasteiger partial charge in [-0.3, -0.25) is 4.79 Å². The van der Waals surface area contributed by atoms with Gasteiger partial charge in [0.2, 0.25) is 0 Å². The fourth-order valence-electron chi connectivity index (χ4n) is 2.44. The van der Waals surface area contributed by atoms with Crippen molar-refractivity contribution in [2.75, 3.05) is 6.61 Å². The van der Waals surface area contributed by atoms with Crippen LogP contribution in [-0.4, -0.2) is 18.4 Å². The summed E-state index contributed by atoms with van der Waals surface area (Å²) in [5.41, 5.74) is 1.85. The van der Waals surface area contributed by atoms with Crippen LogP contribution in [0.15, 0.2) is 35.2 Å². The number of benzene rings is 1. The van der Waals surface area contributed by atoms with Crippen LogP contribution in [0.3, 0.4) is 0 Å². The number of carbonyl (C=O) groups excluding carboxylic acids is 2. The molecule has 130 valence electrons. The SMILES string of the molecule is CCOC(=O)c1sc(CC(=O)CCc2ccccc2)c(SC#N)c1C. The van der Waals surface area contributed by atoms with Crippen LogP contribution in [-0.2, 0) is 22.4 Å². The first-order valence-corrected chi connectivity index (χ1v) is 9.61. The monoisotopic (exact) mass is 373 g/mol. The maximum absolute atomic E-state index is 12.4. The summed E-state index contributed by atoms with van der Waals surface area (Å²) in [5, 5.41) is 11.1. The second kappa shape index (κ2) is 9.40. The summed E-state index contributed by atoms with van der Waals surface area (Å²) in [6.07, 6.45) is 1.36. The van der Waals surface area contributed by atoms with Gasteiger partial charge in [0.05, 0.1) is 6.61 Å². The molecule has 0 spiro atoms. The molecule has 4 nitrogen and oxygen atoms in total. The zero-order chi connectivity index (χ0) is 18.2. The standard InChI is InChI=1S/C19H19NO3S2/c1-3-23-19(22)18-13(2)17(24-12-20)16(25-18)11-15(21)10-9-14-7-5-4-6-8-14/h4-8H,3,9-11H2,1-2H3. The number of aryl methyl sites for hydroxylation is 1. The van der Waals surface area contributed by atoms with E-state index < -0.39 is 5.97 Å². The molecule has 0 amide bonds. The van der Waals surface area contributed by atoms with Gasteiger partial charge in [-0.15, -0.1) is 11.3 Å². The average molecular weight is 373 g/mol. The molecule has 0 fully saturated rings. The number of ether oxygens (including phenoxy) is 1. The molecule has 0 aliphatic rings. The van der Waals surface area contributed by atoms with E-state index in [0.717, 1.165) is 27.8 Å². The van der Waals surface area contributed by atoms with Gasteiger partial charge in [0.1, 0.15) is 16.1 Å². The number of thiophene rings is 1. The summed E-state index contributed by atoms with van der Waals surface area (Å²) in [4.78, 5) is 26.4. The Morgan fingerprint density at radius 2 is 2.00 bits per heavy atom. The van der Waals surface area contributed by atoms with Gasteiger partial charge < -0.3 is 4.74 Å². The summed E-state index contributed by atoms with van der Waals surface area (Å²) in [5.74, 6) is -0.298. The Morgan fingerprint density at radius 3 is 2.64 bits per heavy atom. The number of nitriles is 1. The molecule has 0 atom stereocenters. The van der Waals surface area contributed by atoms with E-state index in [-0.39, 0.29) is 12.2 Å². The zero-order valence-electron chi connectivity index (χ0n) is 14.2. The van der Waals surface area contributed by atoms with Gasteiger partial charge in [0, 0.05) is 22.6 Å². The van der Waals surface area contributed by atoms with E-state index in [2.05, 4.69) is 0 Å². The number of ketones is 1. The van der Waals surface area contributed by atoms with Gasteiger partial charge in [-0.25, -0.2) is 4.79 Å². The number of Topliss-reactive ketones (excluding diaryl/α,β-unsaturated/α-hetero) is 1. The fourth-order valence-corrected chi connectivity index (χ4v) is 4.41. The van der Waals surface area contributed by atoms with Crippen molar-refractivity contribution in [2.24, 2.45) is 0 Å². The summed E-state index contributed by atoms with van der Waals surface area (Å²) in [6.45, 7) is 3.84. The summed E-state index contributed by atoms with van der Waals surface area (Å²) in [7, 11) is 0. The third-order valence-corrected chi connectivity index (χ3v) is 5.91. The van der Waals surface area contributed by atoms with E-state index >= 15 is 0 Å². The molecule has 2 aromatic rings. The maximum atomic E-state index is 12.4. The molecular weight excluding hydrogens is 354 g/mol. The van der Waals surface area contributed by atoms with Crippen molar-refractivity contribution in [1.82, 2.24) is 0 Å². The predicted molar refractivity (Wildman–Crippen MR) is 100.0 cm³/mol. The van der Waals surface area contributed by atoms with Crippen LogP contribution < -0.4 is 0 Å². The Morgan fingerprint density at radius 1 is 1.28 bits per heavy atom. The minimum absolute atomic E-state index is 0.0975. The molecule has 0 bridgehead atoms. The lowest BCUT2D eigenvalue weighted by molar-refractivity contribution is -0.118. The highest BCUT2D eigenvalue weighted by molar-refractivity contribution is 8.04. The van der Waals surface area contributed by atoms with Gasteiger partial charge in [0.15, 0.2) is 0 Å². The topological polar surface area (TPSA) is 67.2 Å². The number of carbonyl (C=O) groups is 2. The molecule has 0 aliphatic carbocycles. The Bertz CT molecular complexity index is 791. The third-order valence-electron chi connectivity index (χ3n) is 3.66. The molecule has 2 rings (SSSR count). The minimum atomic E-state index is -0.396. The molecule has 0 saturated carbocycles. The number of rotatable bonds is 8. The number of thioether (sulfide) groups is 1. The number of hydrogen-bond acceptors (Lipinski definition) is 6. The van der Waals surface area contributed by atoms with Gasteiger partial charge in [0.25, 0.3) is 0 Å². The molecule has 0 aliphatic heterocycles. The van der Waals surface area contributed by atoms with Gasteiger partial charge in [-0.1, -0.05) is 30.3 Å². The largest absolute Gasteiger partial charge is 0.462 e. The van der Waals surface area contributed by atoms with E-state index in [1.807, 2.05) is 35.7 Å². The van der Waals surface area contributed by atoms with Crippen LogP contribution in [0.1, 0.15) is 39.0 Å². The fraction of sp³-hybridized carbons (Fsp3) is 0.316. The summed E-state index contributed by atoms with van der Waals surface area (Å²) < 4.78 is 5.06. The lowest BCUT2D eigenvalue weighted by atomic mass is 10.1. The lowest BCUT2D eigenvalue weighted by Gasteiger charge is -2.02. The van der Waals surface area contributed by atoms with E-state index in [1.54, 1.807) is 13.8 Å². The van der Waals surface area contributed by atoms with E-state index in [9.17, 15) is 9.59 Å². The first kappa shape index (κ1) is 19.2. The highest BCUT2D eigenvalue weighted by atomic mass is 32.2. The second-order valence-corrected chi connectivity index (χ2v) is 7.32. The summed E-state index contributed by atoms with van der Waals surface area (Å²) in [6, 6.07) is 9.85. The molecule has 0 radical (unpaired) electrons. The maximum Gasteiger partial charge on any atom is 0.348 e. The van der Waals surface area contributed by atoms with Crippen molar-refractivity contribution in [3.8, 4) is 5.40 Å². The zero-order valence-corrected chi connectivity index (χ0v) is 15.8. The van der Waals surface area contributed by atoms with Gasteiger partial charge in [-0.2, -0.15) is 5.26 Å². The number of esters is 1. The molecule has 0 N–H and O–H groups in total. The number of hydrogen-bond donors (Lipinski definition) is 0. The van der Waals surface area contributed by atoms with Crippen LogP contribution in [0, 0.1) is 17.6 Å². The quantitative estimate of drug-likeness (QED) is 0.386. The van der Waals surface area contributed by atoms with Crippen LogP contribution in [0.25, 0.3) is 0 Å². The van der Waals surface area contributed by atoms with Gasteiger partial charge in [-0.05, 0) is 43.2 Å². The molecule has 0 unspecified atom stereocenters. The molecule has 1 aromatic heterocycles. The number of nitrogens with zero attached hydrogens (tertiary/aromatic N) is 1. The van der Waals surface area contributed by atoms with Gasteiger partial charge >= 0.3 is 5.97 Å². The van der Waals surface area contributed by atoms with Crippen molar-refractivity contribution in [1.29, 1.82) is 5.26 Å². The van der Waals surface area contributed by atoms with Crippen LogP contribution >= 0.6 is 23.1 Å². The highest BCUT2D eigenvalue weighted by Gasteiger charge is 2.22. The average Bonchev–Trinajstić information content (AvgIpc) is 2.91. The molecule has 25 heavy (non-hydrogen) atoms. The van der Waals surface area contributed by atoms with E-state index in [1.165, 1.54) is 11.3 Å². The number of thiocyanates is 1. The minimum Gasteiger partial charge on any atom is -0.462 e. The lowest BCUT2D eigenvalue weighted by Crippen LogP contribution is -2.04. The van der Waals surface area contributed by atoms with Crippen molar-refractivity contribution in [2.45, 2.75) is 38.0 Å². The predicted octanol–water partition coefficient (Wildman–Crippen LogP) is 4.55.